The van der Waals surface area contributed by atoms with Crippen LogP contribution in [-0.2, 0) is 20.8 Å². The molecule has 188 valence electrons. The van der Waals surface area contributed by atoms with E-state index in [-0.39, 0.29) is 6.61 Å². The van der Waals surface area contributed by atoms with Crippen molar-refractivity contribution in [1.29, 1.82) is 0 Å². The van der Waals surface area contributed by atoms with E-state index < -0.39 is 15.5 Å². The molecule has 0 amide bonds. The Morgan fingerprint density at radius 3 is 2.66 bits per heavy atom. The quantitative estimate of drug-likeness (QED) is 0.204. The van der Waals surface area contributed by atoms with Gasteiger partial charge in [-0.2, -0.15) is 0 Å². The second-order valence-corrected chi connectivity index (χ2v) is 13.4. The van der Waals surface area contributed by atoms with Gasteiger partial charge in [0, 0.05) is 0 Å². The van der Waals surface area contributed by atoms with Crippen molar-refractivity contribution in [3.8, 4) is 5.75 Å². The molecule has 0 aliphatic rings. The first-order valence-corrected chi connectivity index (χ1v) is 15.4. The summed E-state index contributed by atoms with van der Waals surface area (Å²) < 4.78 is 23.4. The van der Waals surface area contributed by atoms with Crippen molar-refractivity contribution >= 4 is 67.0 Å². The van der Waals surface area contributed by atoms with Crippen LogP contribution < -0.4 is 4.74 Å². The Labute approximate surface area is 222 Å². The maximum absolute atomic E-state index is 14.0. The third-order valence-corrected chi connectivity index (χ3v) is 10.9. The van der Waals surface area contributed by atoms with Gasteiger partial charge in [0.2, 0.25) is 0 Å². The Balaban J connectivity index is 1.75. The number of aryl methyl sites for hydroxylation is 2. The van der Waals surface area contributed by atoms with Crippen molar-refractivity contribution in [3.63, 3.8) is 0 Å². The minimum absolute atomic E-state index is 0.351. The number of carboxylic acid groups (broad SMARTS) is 1. The van der Waals surface area contributed by atoms with Gasteiger partial charge in [0.1, 0.15) is 0 Å². The molecule has 0 aliphatic carbocycles. The van der Waals surface area contributed by atoms with E-state index in [4.69, 9.17) is 21.4 Å². The van der Waals surface area contributed by atoms with Gasteiger partial charge in [-0.25, -0.2) is 4.79 Å². The van der Waals surface area contributed by atoms with Gasteiger partial charge in [-0.15, -0.1) is 0 Å². The van der Waals surface area contributed by atoms with Crippen molar-refractivity contribution in [2.24, 2.45) is 0 Å². The van der Waals surface area contributed by atoms with Gasteiger partial charge >= 0.3 is 213 Å². The van der Waals surface area contributed by atoms with Crippen LogP contribution in [0.25, 0.3) is 10.1 Å². The molecule has 0 aliphatic heterocycles. The van der Waals surface area contributed by atoms with Crippen LogP contribution in [0.15, 0.2) is 45.5 Å². The van der Waals surface area contributed by atoms with Crippen LogP contribution in [0.2, 0.25) is 5.02 Å². The summed E-state index contributed by atoms with van der Waals surface area (Å²) in [6.45, 7) is 11.3. The topological polar surface area (TPSA) is 66.8 Å². The molecule has 0 spiro atoms. The molecule has 0 bridgehead atoms. The number of carbonyl (C=O) groups is 1. The second-order valence-electron chi connectivity index (χ2n) is 8.27. The summed E-state index contributed by atoms with van der Waals surface area (Å²) in [5.41, 5.74) is 1.99. The second kappa shape index (κ2) is 12.6. The number of rotatable bonds is 13. The number of thioether (sulfide) groups is 1. The molecule has 1 heterocycles. The third-order valence-electron chi connectivity index (χ3n) is 5.55. The number of thiophene rings is 1. The molecule has 1 unspecified atom stereocenters. The van der Waals surface area contributed by atoms with Gasteiger partial charge in [-0.3, -0.25) is 0 Å². The molecule has 10 heteroatoms. The fraction of sp³-hybridized carbons (Fsp3) is 0.400. The van der Waals surface area contributed by atoms with Crippen LogP contribution in [0.4, 0.5) is 0 Å². The van der Waals surface area contributed by atoms with Gasteiger partial charge in [-0.05, 0) is 0 Å². The molecular weight excluding hydrogens is 521 g/mol. The predicted molar refractivity (Wildman–Crippen MR) is 151 cm³/mol. The molecule has 3 aromatic rings. The number of aliphatic carboxylic acids is 1. The molecule has 3 rings (SSSR count). The van der Waals surface area contributed by atoms with E-state index in [2.05, 4.69) is 26.6 Å². The van der Waals surface area contributed by atoms with Crippen molar-refractivity contribution in [3.05, 3.63) is 52.5 Å². The van der Waals surface area contributed by atoms with Crippen molar-refractivity contribution in [1.82, 2.24) is 4.31 Å². The average molecular weight is 552 g/mol. The summed E-state index contributed by atoms with van der Waals surface area (Å²) in [5.74, 6) is 0.381. The fourth-order valence-corrected chi connectivity index (χ4v) is 8.84. The van der Waals surface area contributed by atoms with Crippen LogP contribution in [0.5, 0.6) is 5.75 Å². The Bertz CT molecular complexity index is 1290. The van der Waals surface area contributed by atoms with Gasteiger partial charge < -0.3 is 5.11 Å². The van der Waals surface area contributed by atoms with Crippen LogP contribution in [0.1, 0.15) is 37.8 Å². The zero-order chi connectivity index (χ0) is 25.6. The van der Waals surface area contributed by atoms with Gasteiger partial charge in [-0.1, -0.05) is 0 Å². The average Bonchev–Trinajstić information content (AvgIpc) is 3.14. The summed E-state index contributed by atoms with van der Waals surface area (Å²) in [6.07, 6.45) is 2.63. The van der Waals surface area contributed by atoms with Gasteiger partial charge in [0.25, 0.3) is 0 Å². The number of carboxylic acids is 1. The molecule has 0 saturated carbocycles. The van der Waals surface area contributed by atoms with E-state index >= 15 is 0 Å². The number of ether oxygens (including phenoxy) is 1. The van der Waals surface area contributed by atoms with Gasteiger partial charge in [0.15, 0.2) is 0 Å². The molecule has 5 nitrogen and oxygen atoms in total. The molecule has 1 atom stereocenters. The first-order valence-electron chi connectivity index (χ1n) is 11.6. The molecular formula is C25H31BClNO4S3. The van der Waals surface area contributed by atoms with E-state index in [0.29, 0.717) is 23.9 Å². The number of fused-ring (bicyclic) bond motifs is 1. The van der Waals surface area contributed by atoms with E-state index in [1.165, 1.54) is 11.3 Å². The third kappa shape index (κ3) is 7.04. The van der Waals surface area contributed by atoms with Crippen molar-refractivity contribution < 1.29 is 18.8 Å². The molecule has 1 aromatic heterocycles. The minimum atomic E-state index is -2.64. The molecule has 0 radical (unpaired) electrons. The van der Waals surface area contributed by atoms with E-state index in [1.807, 2.05) is 41.6 Å². The van der Waals surface area contributed by atoms with Crippen LogP contribution in [-0.4, -0.2) is 51.8 Å². The van der Waals surface area contributed by atoms with Crippen LogP contribution >= 0.6 is 34.7 Å². The molecule has 35 heavy (non-hydrogen) atoms. The van der Waals surface area contributed by atoms with Crippen molar-refractivity contribution in [2.75, 3.05) is 25.4 Å². The number of benzene rings is 2. The first-order chi connectivity index (χ1) is 16.7. The van der Waals surface area contributed by atoms with E-state index in [0.717, 1.165) is 55.3 Å². The first kappa shape index (κ1) is 28.1. The maximum atomic E-state index is 14.0. The zero-order valence-corrected chi connectivity index (χ0v) is 23.5. The molecule has 0 fully saturated rings. The Morgan fingerprint density at radius 1 is 1.20 bits per heavy atom. The fourth-order valence-electron chi connectivity index (χ4n) is 3.90. The number of hydrogen-bond donors (Lipinski definition) is 1. The summed E-state index contributed by atoms with van der Waals surface area (Å²) in [7, 11) is -2.64. The molecule has 2 aromatic carbocycles. The van der Waals surface area contributed by atoms with E-state index in [9.17, 15) is 9.00 Å². The predicted octanol–water partition coefficient (Wildman–Crippen LogP) is 6.16. The summed E-state index contributed by atoms with van der Waals surface area (Å²) in [6, 6.07) is 11.6. The Morgan fingerprint density at radius 2 is 1.97 bits per heavy atom. The monoisotopic (exact) mass is 551 g/mol. The number of halogens is 1. The number of nitrogens with zero attached hydrogens (tertiary/aromatic N) is 1. The van der Waals surface area contributed by atoms with E-state index in [1.54, 1.807) is 11.8 Å². The standard InChI is InChI=1S/C25H31BClNO4S3/c1-4-6-18-14-20(8-9-22(18)32-16-24(29)30)33-13-12-28(11-5-2)35(26,31)25-17(3)21-15-19(27)7-10-23(21)34-25/h7-10,14-15,26H,4-6,11-13,16H2,1-3H3,(H,29,30). The Hall–Kier alpha value is -1.52. The van der Waals surface area contributed by atoms with Crippen LogP contribution in [0, 0.1) is 6.92 Å². The molecule has 1 N–H and O–H groups in total. The summed E-state index contributed by atoms with van der Waals surface area (Å²) in [5, 5.41) is 10.6. The number of hydrogen-bond acceptors (Lipinski definition) is 5. The molecule has 0 saturated heterocycles. The SMILES string of the molecule is B=S(=O)(c1sc2ccc(Cl)cc2c1C)N(CCC)CCSc1ccc(OCC(=O)O)c(CCC)c1. The Kier molecular flexibility index (Phi) is 10.1. The normalized spacial score (nSPS) is 13.3. The van der Waals surface area contributed by atoms with Crippen LogP contribution in [0.3, 0.4) is 0 Å². The summed E-state index contributed by atoms with van der Waals surface area (Å²) in [4.78, 5) is 11.9. The summed E-state index contributed by atoms with van der Waals surface area (Å²) >= 11 is 9.42. The van der Waals surface area contributed by atoms with Gasteiger partial charge in [0.05, 0.1) is 0 Å². The van der Waals surface area contributed by atoms with Crippen molar-refractivity contribution in [2.45, 2.75) is 49.1 Å². The zero-order valence-electron chi connectivity index (χ0n) is 20.3.